The van der Waals surface area contributed by atoms with E-state index < -0.39 is 0 Å². The smallest absolute Gasteiger partial charge is 0.322 e. The second kappa shape index (κ2) is 11.0. The van der Waals surface area contributed by atoms with E-state index in [4.69, 9.17) is 23.2 Å². The van der Waals surface area contributed by atoms with Gasteiger partial charge in [0.15, 0.2) is 0 Å². The number of hydrogen-bond donors (Lipinski definition) is 1. The number of thiophene rings is 1. The van der Waals surface area contributed by atoms with Gasteiger partial charge in [0.25, 0.3) is 0 Å². The van der Waals surface area contributed by atoms with E-state index in [2.05, 4.69) is 21.7 Å². The number of carbonyl (C=O) groups excluding carboxylic acids is 2. The Labute approximate surface area is 229 Å². The molecular formula is C27H27Cl2FN4O2S. The van der Waals surface area contributed by atoms with Gasteiger partial charge < -0.3 is 15.1 Å². The third-order valence-electron chi connectivity index (χ3n) is 6.98. The Morgan fingerprint density at radius 1 is 1.08 bits per heavy atom. The van der Waals surface area contributed by atoms with Crippen LogP contribution in [0.4, 0.5) is 14.9 Å². The van der Waals surface area contributed by atoms with Crippen molar-refractivity contribution in [2.45, 2.75) is 25.4 Å². The van der Waals surface area contributed by atoms with Gasteiger partial charge in [-0.25, -0.2) is 9.18 Å². The lowest BCUT2D eigenvalue weighted by Gasteiger charge is -2.41. The molecule has 0 spiro atoms. The summed E-state index contributed by atoms with van der Waals surface area (Å²) < 4.78 is 14.1. The lowest BCUT2D eigenvalue weighted by Crippen LogP contribution is -2.58. The molecule has 1 aromatic heterocycles. The Morgan fingerprint density at radius 3 is 2.68 bits per heavy atom. The average Bonchev–Trinajstić information content (AvgIpc) is 3.35. The van der Waals surface area contributed by atoms with Crippen LogP contribution >= 0.6 is 34.5 Å². The standard InChI is InChI=1S/C27H27Cl2FN4O2S/c1-17-15-32(10-11-34(17)27(36)31-20-5-6-22(28)23(29)14-20)25(35)16-33-9-7-24-21(8-12-37-24)26(33)18-3-2-4-19(30)13-18/h2-6,8,12-14,17,26H,7,9-11,15-16H2,1H3,(H,31,36). The van der Waals surface area contributed by atoms with Crippen LogP contribution in [0.5, 0.6) is 0 Å². The highest BCUT2D eigenvalue weighted by Gasteiger charge is 2.34. The Hall–Kier alpha value is -2.65. The molecule has 2 aliphatic heterocycles. The summed E-state index contributed by atoms with van der Waals surface area (Å²) in [5.41, 5.74) is 2.56. The summed E-state index contributed by atoms with van der Waals surface area (Å²) in [6, 6.07) is 13.1. The van der Waals surface area contributed by atoms with Crippen LogP contribution in [0.2, 0.25) is 10.0 Å². The van der Waals surface area contributed by atoms with Gasteiger partial charge in [-0.05, 0) is 66.2 Å². The highest BCUT2D eigenvalue weighted by molar-refractivity contribution is 7.10. The molecule has 1 fully saturated rings. The van der Waals surface area contributed by atoms with Gasteiger partial charge in [0.05, 0.1) is 22.6 Å². The molecule has 0 radical (unpaired) electrons. The second-order valence-corrected chi connectivity index (χ2v) is 11.2. The van der Waals surface area contributed by atoms with Gasteiger partial charge in [0.2, 0.25) is 5.91 Å². The predicted molar refractivity (Wildman–Crippen MR) is 146 cm³/mol. The molecule has 2 aliphatic rings. The van der Waals surface area contributed by atoms with E-state index in [-0.39, 0.29) is 36.4 Å². The van der Waals surface area contributed by atoms with Crippen LogP contribution < -0.4 is 5.32 Å². The maximum atomic E-state index is 14.1. The molecule has 0 saturated carbocycles. The van der Waals surface area contributed by atoms with Crippen LogP contribution in [-0.4, -0.2) is 65.4 Å². The minimum Gasteiger partial charge on any atom is -0.338 e. The number of fused-ring (bicyclic) bond motifs is 1. The van der Waals surface area contributed by atoms with Crippen molar-refractivity contribution >= 4 is 52.2 Å². The molecule has 6 nitrogen and oxygen atoms in total. The van der Waals surface area contributed by atoms with Crippen molar-refractivity contribution in [3.8, 4) is 0 Å². The zero-order chi connectivity index (χ0) is 26.1. The molecule has 3 aromatic rings. The summed E-state index contributed by atoms with van der Waals surface area (Å²) in [7, 11) is 0. The van der Waals surface area contributed by atoms with Crippen molar-refractivity contribution in [3.05, 3.63) is 85.8 Å². The SMILES string of the molecule is CC1CN(C(=O)CN2CCc3sccc3C2c2cccc(F)c2)CCN1C(=O)Nc1ccc(Cl)c(Cl)c1. The van der Waals surface area contributed by atoms with Crippen molar-refractivity contribution in [2.75, 3.05) is 38.0 Å². The lowest BCUT2D eigenvalue weighted by atomic mass is 9.93. The van der Waals surface area contributed by atoms with Gasteiger partial charge in [0.1, 0.15) is 5.82 Å². The molecule has 3 amide bonds. The first kappa shape index (κ1) is 26.0. The third-order valence-corrected chi connectivity index (χ3v) is 8.72. The molecular weight excluding hydrogens is 534 g/mol. The Kier molecular flexibility index (Phi) is 7.72. The quantitative estimate of drug-likeness (QED) is 0.431. The molecule has 2 unspecified atom stereocenters. The van der Waals surface area contributed by atoms with Crippen LogP contribution in [0.15, 0.2) is 53.9 Å². The number of halogens is 3. The summed E-state index contributed by atoms with van der Waals surface area (Å²) in [5, 5.41) is 5.71. The van der Waals surface area contributed by atoms with E-state index in [1.807, 2.05) is 17.9 Å². The molecule has 194 valence electrons. The van der Waals surface area contributed by atoms with E-state index in [0.29, 0.717) is 35.4 Å². The summed E-state index contributed by atoms with van der Waals surface area (Å²) in [4.78, 5) is 33.3. The molecule has 2 aromatic carbocycles. The van der Waals surface area contributed by atoms with Crippen molar-refractivity contribution in [1.29, 1.82) is 0 Å². The van der Waals surface area contributed by atoms with Crippen LogP contribution in [0.1, 0.15) is 29.0 Å². The molecule has 10 heteroatoms. The maximum absolute atomic E-state index is 14.1. The van der Waals surface area contributed by atoms with E-state index >= 15 is 0 Å². The lowest BCUT2D eigenvalue weighted by molar-refractivity contribution is -0.135. The van der Waals surface area contributed by atoms with Gasteiger partial charge in [-0.1, -0.05) is 35.3 Å². The van der Waals surface area contributed by atoms with Crippen molar-refractivity contribution in [1.82, 2.24) is 14.7 Å². The molecule has 1 saturated heterocycles. The van der Waals surface area contributed by atoms with E-state index in [1.165, 1.54) is 10.9 Å². The minimum atomic E-state index is -0.282. The van der Waals surface area contributed by atoms with Crippen molar-refractivity contribution in [2.24, 2.45) is 0 Å². The summed E-state index contributed by atoms with van der Waals surface area (Å²) >= 11 is 13.7. The van der Waals surface area contributed by atoms with E-state index in [0.717, 1.165) is 24.1 Å². The van der Waals surface area contributed by atoms with Crippen LogP contribution in [0.25, 0.3) is 0 Å². The first-order valence-electron chi connectivity index (χ1n) is 12.2. The largest absolute Gasteiger partial charge is 0.338 e. The predicted octanol–water partition coefficient (Wildman–Crippen LogP) is 5.91. The molecule has 0 aliphatic carbocycles. The Balaban J connectivity index is 1.24. The van der Waals surface area contributed by atoms with Crippen molar-refractivity contribution < 1.29 is 14.0 Å². The number of anilines is 1. The van der Waals surface area contributed by atoms with Crippen LogP contribution in [0, 0.1) is 5.82 Å². The number of hydrogen-bond acceptors (Lipinski definition) is 4. The van der Waals surface area contributed by atoms with Gasteiger partial charge >= 0.3 is 6.03 Å². The normalized spacial score (nSPS) is 20.0. The summed E-state index contributed by atoms with van der Waals surface area (Å²) in [6.45, 7) is 4.20. The highest BCUT2D eigenvalue weighted by atomic mass is 35.5. The first-order valence-corrected chi connectivity index (χ1v) is 13.8. The topological polar surface area (TPSA) is 55.9 Å². The summed E-state index contributed by atoms with van der Waals surface area (Å²) in [6.07, 6.45) is 0.866. The fourth-order valence-electron chi connectivity index (χ4n) is 5.13. The zero-order valence-electron chi connectivity index (χ0n) is 20.3. The molecule has 0 bridgehead atoms. The monoisotopic (exact) mass is 560 g/mol. The van der Waals surface area contributed by atoms with E-state index in [9.17, 15) is 14.0 Å². The number of amides is 3. The molecule has 37 heavy (non-hydrogen) atoms. The Bertz CT molecular complexity index is 1320. The number of rotatable bonds is 4. The van der Waals surface area contributed by atoms with Crippen LogP contribution in [-0.2, 0) is 11.2 Å². The Morgan fingerprint density at radius 2 is 1.92 bits per heavy atom. The fraction of sp³-hybridized carbons (Fsp3) is 0.333. The minimum absolute atomic E-state index is 0.0106. The highest BCUT2D eigenvalue weighted by Crippen LogP contribution is 2.38. The van der Waals surface area contributed by atoms with Gasteiger partial charge in [0, 0.05) is 42.8 Å². The van der Waals surface area contributed by atoms with Gasteiger partial charge in [-0.15, -0.1) is 11.3 Å². The number of benzene rings is 2. The zero-order valence-corrected chi connectivity index (χ0v) is 22.6. The number of nitrogens with zero attached hydrogens (tertiary/aromatic N) is 3. The number of piperazine rings is 1. The van der Waals surface area contributed by atoms with Crippen LogP contribution in [0.3, 0.4) is 0 Å². The second-order valence-electron chi connectivity index (χ2n) is 9.42. The third kappa shape index (κ3) is 5.62. The number of carbonyl (C=O) groups is 2. The first-order chi connectivity index (χ1) is 17.8. The number of nitrogens with one attached hydrogen (secondary N) is 1. The van der Waals surface area contributed by atoms with Gasteiger partial charge in [-0.2, -0.15) is 0 Å². The molecule has 3 heterocycles. The molecule has 2 atom stereocenters. The molecule has 1 N–H and O–H groups in total. The van der Waals surface area contributed by atoms with Crippen molar-refractivity contribution in [3.63, 3.8) is 0 Å². The average molecular weight is 562 g/mol. The summed E-state index contributed by atoms with van der Waals surface area (Å²) in [5.74, 6) is -0.272. The van der Waals surface area contributed by atoms with Gasteiger partial charge in [-0.3, -0.25) is 9.69 Å². The fourth-order valence-corrected chi connectivity index (χ4v) is 6.34. The molecule has 5 rings (SSSR count). The van der Waals surface area contributed by atoms with E-state index in [1.54, 1.807) is 46.6 Å². The maximum Gasteiger partial charge on any atom is 0.322 e. The number of urea groups is 1.